The molecule has 1 aromatic rings. The van der Waals surface area contributed by atoms with Gasteiger partial charge in [-0.2, -0.15) is 0 Å². The first kappa shape index (κ1) is 13.1. The minimum Gasteiger partial charge on any atom is -0.394 e. The maximum Gasteiger partial charge on any atom is 0.0965 e. The van der Waals surface area contributed by atoms with Crippen LogP contribution in [0.25, 0.3) is 0 Å². The lowest BCUT2D eigenvalue weighted by molar-refractivity contribution is 0.127. The second kappa shape index (κ2) is 5.93. The van der Waals surface area contributed by atoms with Crippen molar-refractivity contribution in [3.05, 3.63) is 11.9 Å². The van der Waals surface area contributed by atoms with E-state index in [2.05, 4.69) is 29.5 Å². The van der Waals surface area contributed by atoms with Gasteiger partial charge in [0.2, 0.25) is 0 Å². The minimum absolute atomic E-state index is 0.0748. The highest BCUT2D eigenvalue weighted by molar-refractivity contribution is 4.93. The summed E-state index contributed by atoms with van der Waals surface area (Å²) >= 11 is 0. The Morgan fingerprint density at radius 2 is 2.31 bits per heavy atom. The van der Waals surface area contributed by atoms with E-state index in [1.807, 2.05) is 6.20 Å². The molecular weight excluding hydrogens is 208 g/mol. The second-order valence-corrected chi connectivity index (χ2v) is 4.37. The molecule has 1 aromatic heterocycles. The number of rotatable bonds is 7. The van der Waals surface area contributed by atoms with E-state index < -0.39 is 0 Å². The molecule has 2 N–H and O–H groups in total. The van der Waals surface area contributed by atoms with Crippen molar-refractivity contribution >= 4 is 0 Å². The van der Waals surface area contributed by atoms with Crippen LogP contribution in [0.1, 0.15) is 19.5 Å². The van der Waals surface area contributed by atoms with Gasteiger partial charge in [-0.25, -0.2) is 4.68 Å². The molecule has 0 amide bonds. The number of aliphatic hydroxyl groups excluding tert-OH is 1. The fourth-order valence-corrected chi connectivity index (χ4v) is 1.37. The van der Waals surface area contributed by atoms with Crippen molar-refractivity contribution in [2.45, 2.75) is 32.5 Å². The van der Waals surface area contributed by atoms with Gasteiger partial charge in [-0.05, 0) is 13.8 Å². The van der Waals surface area contributed by atoms with E-state index in [9.17, 15) is 0 Å². The number of aliphatic hydroxyl groups is 1. The molecule has 0 aliphatic carbocycles. The number of hydrogen-bond acceptors (Lipinski definition) is 5. The smallest absolute Gasteiger partial charge is 0.0965 e. The van der Waals surface area contributed by atoms with Crippen molar-refractivity contribution < 1.29 is 9.84 Å². The highest BCUT2D eigenvalue weighted by Gasteiger charge is 2.16. The van der Waals surface area contributed by atoms with Crippen LogP contribution in [0.2, 0.25) is 0 Å². The Morgan fingerprint density at radius 3 is 2.94 bits per heavy atom. The molecule has 92 valence electrons. The average Bonchev–Trinajstić information content (AvgIpc) is 2.64. The van der Waals surface area contributed by atoms with Gasteiger partial charge in [0, 0.05) is 25.4 Å². The Labute approximate surface area is 95.6 Å². The van der Waals surface area contributed by atoms with Gasteiger partial charge in [-0.1, -0.05) is 5.21 Å². The largest absolute Gasteiger partial charge is 0.394 e. The summed E-state index contributed by atoms with van der Waals surface area (Å²) in [4.78, 5) is 0. The quantitative estimate of drug-likeness (QED) is 0.675. The lowest BCUT2D eigenvalue weighted by Crippen LogP contribution is -2.42. The first-order valence-electron chi connectivity index (χ1n) is 5.31. The second-order valence-electron chi connectivity index (χ2n) is 4.37. The van der Waals surface area contributed by atoms with E-state index in [0.29, 0.717) is 19.7 Å². The molecule has 1 rings (SSSR count). The molecule has 0 bridgehead atoms. The molecule has 0 spiro atoms. The fraction of sp³-hybridized carbons (Fsp3) is 0.800. The summed E-state index contributed by atoms with van der Waals surface area (Å²) in [5.41, 5.74) is 0.771. The molecule has 0 saturated heterocycles. The van der Waals surface area contributed by atoms with Crippen LogP contribution in [-0.2, 0) is 17.8 Å². The maximum atomic E-state index is 8.74. The van der Waals surface area contributed by atoms with Crippen LogP contribution in [0.5, 0.6) is 0 Å². The van der Waals surface area contributed by atoms with Crippen molar-refractivity contribution in [3.8, 4) is 0 Å². The van der Waals surface area contributed by atoms with Crippen LogP contribution in [-0.4, -0.2) is 46.0 Å². The van der Waals surface area contributed by atoms with Crippen LogP contribution >= 0.6 is 0 Å². The lowest BCUT2D eigenvalue weighted by atomic mass is 10.1. The van der Waals surface area contributed by atoms with Crippen LogP contribution < -0.4 is 5.32 Å². The number of hydrogen-bond donors (Lipinski definition) is 2. The Balaban J connectivity index is 2.41. The van der Waals surface area contributed by atoms with Crippen molar-refractivity contribution in [1.82, 2.24) is 20.3 Å². The monoisotopic (exact) mass is 228 g/mol. The fourth-order valence-electron chi connectivity index (χ4n) is 1.37. The van der Waals surface area contributed by atoms with Crippen molar-refractivity contribution in [1.29, 1.82) is 0 Å². The third-order valence-electron chi connectivity index (χ3n) is 2.17. The molecule has 0 unspecified atom stereocenters. The molecule has 0 aliphatic heterocycles. The summed E-state index contributed by atoms with van der Waals surface area (Å²) in [5.74, 6) is 0. The van der Waals surface area contributed by atoms with Gasteiger partial charge < -0.3 is 15.2 Å². The predicted octanol–water partition coefficient (Wildman–Crippen LogP) is -0.215. The SMILES string of the molecule is COCC(C)(C)NCc1cn(CCO)nn1. The Morgan fingerprint density at radius 1 is 1.56 bits per heavy atom. The van der Waals surface area contributed by atoms with E-state index in [1.165, 1.54) is 0 Å². The summed E-state index contributed by atoms with van der Waals surface area (Å²) in [6.45, 7) is 5.96. The van der Waals surface area contributed by atoms with E-state index >= 15 is 0 Å². The first-order chi connectivity index (χ1) is 7.57. The summed E-state index contributed by atoms with van der Waals surface area (Å²) in [5, 5.41) is 20.0. The van der Waals surface area contributed by atoms with Gasteiger partial charge in [-0.3, -0.25) is 0 Å². The summed E-state index contributed by atoms with van der Waals surface area (Å²) in [6.07, 6.45) is 1.83. The zero-order valence-corrected chi connectivity index (χ0v) is 10.1. The highest BCUT2D eigenvalue weighted by Crippen LogP contribution is 2.04. The number of nitrogens with zero attached hydrogens (tertiary/aromatic N) is 3. The van der Waals surface area contributed by atoms with E-state index in [-0.39, 0.29) is 12.1 Å². The molecular formula is C10H20N4O2. The van der Waals surface area contributed by atoms with E-state index in [1.54, 1.807) is 11.8 Å². The highest BCUT2D eigenvalue weighted by atomic mass is 16.5. The first-order valence-corrected chi connectivity index (χ1v) is 5.31. The standard InChI is InChI=1S/C10H20N4O2/c1-10(2,8-16-3)11-6-9-7-14(4-5-15)13-12-9/h7,11,15H,4-6,8H2,1-3H3. The molecule has 6 heteroatoms. The van der Waals surface area contributed by atoms with Gasteiger partial charge in [0.25, 0.3) is 0 Å². The molecule has 0 aliphatic rings. The van der Waals surface area contributed by atoms with Crippen LogP contribution in [0, 0.1) is 0 Å². The Kier molecular flexibility index (Phi) is 4.85. The van der Waals surface area contributed by atoms with Crippen molar-refractivity contribution in [2.24, 2.45) is 0 Å². The summed E-state index contributed by atoms with van der Waals surface area (Å²) < 4.78 is 6.73. The third kappa shape index (κ3) is 4.26. The molecule has 0 saturated carbocycles. The summed E-state index contributed by atoms with van der Waals surface area (Å²) in [6, 6.07) is 0. The van der Waals surface area contributed by atoms with E-state index in [4.69, 9.17) is 9.84 Å². The summed E-state index contributed by atoms with van der Waals surface area (Å²) in [7, 11) is 1.68. The van der Waals surface area contributed by atoms with Crippen LogP contribution in [0.4, 0.5) is 0 Å². The zero-order chi connectivity index (χ0) is 12.0. The van der Waals surface area contributed by atoms with Crippen LogP contribution in [0.15, 0.2) is 6.20 Å². The molecule has 0 fully saturated rings. The van der Waals surface area contributed by atoms with Crippen LogP contribution in [0.3, 0.4) is 0 Å². The maximum absolute atomic E-state index is 8.74. The van der Waals surface area contributed by atoms with Gasteiger partial charge in [0.1, 0.15) is 0 Å². The lowest BCUT2D eigenvalue weighted by Gasteiger charge is -2.24. The Hall–Kier alpha value is -0.980. The van der Waals surface area contributed by atoms with Gasteiger partial charge in [0.15, 0.2) is 0 Å². The van der Waals surface area contributed by atoms with Gasteiger partial charge >= 0.3 is 0 Å². The number of aromatic nitrogens is 3. The van der Waals surface area contributed by atoms with E-state index in [0.717, 1.165) is 5.69 Å². The Bertz CT molecular complexity index is 312. The third-order valence-corrected chi connectivity index (χ3v) is 2.17. The van der Waals surface area contributed by atoms with Crippen molar-refractivity contribution in [2.75, 3.05) is 20.3 Å². The topological polar surface area (TPSA) is 72.2 Å². The zero-order valence-electron chi connectivity index (χ0n) is 10.1. The number of methoxy groups -OCH3 is 1. The number of ether oxygens (including phenoxy) is 1. The molecule has 0 radical (unpaired) electrons. The molecule has 6 nitrogen and oxygen atoms in total. The normalized spacial score (nSPS) is 12.0. The molecule has 16 heavy (non-hydrogen) atoms. The molecule has 0 aromatic carbocycles. The van der Waals surface area contributed by atoms with Gasteiger partial charge in [-0.15, -0.1) is 5.10 Å². The number of nitrogens with one attached hydrogen (secondary N) is 1. The molecule has 0 atom stereocenters. The van der Waals surface area contributed by atoms with Crippen molar-refractivity contribution in [3.63, 3.8) is 0 Å². The molecule has 1 heterocycles. The minimum atomic E-state index is -0.0878. The average molecular weight is 228 g/mol. The van der Waals surface area contributed by atoms with Gasteiger partial charge in [0.05, 0.1) is 25.5 Å². The predicted molar refractivity (Wildman–Crippen MR) is 59.9 cm³/mol.